The lowest BCUT2D eigenvalue weighted by atomic mass is 9.80. The fourth-order valence-electron chi connectivity index (χ4n) is 5.74. The Bertz CT molecular complexity index is 1240. The number of nitrogens with two attached hydrogens (primary N) is 1. The highest BCUT2D eigenvalue weighted by Crippen LogP contribution is 2.45. The zero-order valence-corrected chi connectivity index (χ0v) is 24.0. The van der Waals surface area contributed by atoms with E-state index in [0.717, 1.165) is 62.0 Å². The second kappa shape index (κ2) is 14.1. The minimum Gasteiger partial charge on any atom is -0.493 e. The normalized spacial score (nSPS) is 20.2. The van der Waals surface area contributed by atoms with Gasteiger partial charge < -0.3 is 24.7 Å². The lowest BCUT2D eigenvalue weighted by Gasteiger charge is -2.28. The summed E-state index contributed by atoms with van der Waals surface area (Å²) >= 11 is 0. The van der Waals surface area contributed by atoms with Crippen LogP contribution in [0.4, 0.5) is 0 Å². The minimum absolute atomic E-state index is 0.0349. The SMILES string of the molecule is CCCCCOc1ccc(C2C(C#N)=C(N)Oc3cc(OC(=O)C4CCC(CCCC)CC4)ccc32)cc1OC. The van der Waals surface area contributed by atoms with Crippen LogP contribution in [0.1, 0.15) is 95.1 Å². The van der Waals surface area contributed by atoms with Crippen molar-refractivity contribution >= 4 is 5.97 Å². The zero-order chi connectivity index (χ0) is 28.5. The summed E-state index contributed by atoms with van der Waals surface area (Å²) < 4.78 is 23.2. The van der Waals surface area contributed by atoms with Gasteiger partial charge in [0.25, 0.3) is 0 Å². The van der Waals surface area contributed by atoms with Crippen LogP contribution in [0.15, 0.2) is 47.9 Å². The third-order valence-corrected chi connectivity index (χ3v) is 8.08. The van der Waals surface area contributed by atoms with Crippen molar-refractivity contribution in [3.8, 4) is 29.1 Å². The molecule has 4 rings (SSSR count). The van der Waals surface area contributed by atoms with Crippen molar-refractivity contribution in [2.75, 3.05) is 13.7 Å². The average molecular weight is 547 g/mol. The number of carbonyl (C=O) groups excluding carboxylic acids is 1. The zero-order valence-electron chi connectivity index (χ0n) is 24.0. The molecule has 2 aromatic rings. The highest BCUT2D eigenvalue weighted by molar-refractivity contribution is 5.75. The first-order valence-corrected chi connectivity index (χ1v) is 14.7. The first kappa shape index (κ1) is 29.3. The maximum atomic E-state index is 13.0. The van der Waals surface area contributed by atoms with E-state index in [-0.39, 0.29) is 17.8 Å². The van der Waals surface area contributed by atoms with Crippen LogP contribution in [0.25, 0.3) is 0 Å². The summed E-state index contributed by atoms with van der Waals surface area (Å²) in [6.07, 6.45) is 10.8. The lowest BCUT2D eigenvalue weighted by molar-refractivity contribution is -0.140. The Labute approximate surface area is 238 Å². The van der Waals surface area contributed by atoms with Crippen LogP contribution >= 0.6 is 0 Å². The number of esters is 1. The van der Waals surface area contributed by atoms with E-state index < -0.39 is 5.92 Å². The molecule has 0 bridgehead atoms. The van der Waals surface area contributed by atoms with Crippen LogP contribution in [-0.4, -0.2) is 19.7 Å². The van der Waals surface area contributed by atoms with Gasteiger partial charge >= 0.3 is 5.97 Å². The van der Waals surface area contributed by atoms with Crippen molar-refractivity contribution < 1.29 is 23.7 Å². The Morgan fingerprint density at radius 1 is 1.02 bits per heavy atom. The van der Waals surface area contributed by atoms with Crippen LogP contribution in [0.5, 0.6) is 23.0 Å². The molecule has 0 amide bonds. The fraction of sp³-hybridized carbons (Fsp3) is 0.515. The van der Waals surface area contributed by atoms with E-state index in [9.17, 15) is 10.1 Å². The van der Waals surface area contributed by atoms with Gasteiger partial charge in [0, 0.05) is 11.6 Å². The van der Waals surface area contributed by atoms with E-state index in [2.05, 4.69) is 19.9 Å². The second-order valence-electron chi connectivity index (χ2n) is 10.9. The predicted octanol–water partition coefficient (Wildman–Crippen LogP) is 7.38. The van der Waals surface area contributed by atoms with Crippen LogP contribution in [0.2, 0.25) is 0 Å². The van der Waals surface area contributed by atoms with Gasteiger partial charge in [0.15, 0.2) is 11.5 Å². The molecule has 1 aliphatic heterocycles. The highest BCUT2D eigenvalue weighted by atomic mass is 16.5. The monoisotopic (exact) mass is 546 g/mol. The Morgan fingerprint density at radius 2 is 1.80 bits per heavy atom. The van der Waals surface area contributed by atoms with Gasteiger partial charge in [0.2, 0.25) is 5.88 Å². The topological polar surface area (TPSA) is 104 Å². The third kappa shape index (κ3) is 6.91. The number of nitriles is 1. The molecular weight excluding hydrogens is 504 g/mol. The predicted molar refractivity (Wildman–Crippen MR) is 154 cm³/mol. The van der Waals surface area contributed by atoms with E-state index in [0.29, 0.717) is 35.2 Å². The van der Waals surface area contributed by atoms with E-state index in [4.69, 9.17) is 24.7 Å². The summed E-state index contributed by atoms with van der Waals surface area (Å²) in [5.74, 6) is 2.16. The van der Waals surface area contributed by atoms with E-state index in [1.165, 1.54) is 19.3 Å². The molecule has 1 fully saturated rings. The number of nitrogens with zero attached hydrogens (tertiary/aromatic N) is 1. The molecule has 7 heteroatoms. The van der Waals surface area contributed by atoms with Crippen LogP contribution in [0, 0.1) is 23.2 Å². The molecule has 214 valence electrons. The smallest absolute Gasteiger partial charge is 0.314 e. The molecule has 2 N–H and O–H groups in total. The van der Waals surface area contributed by atoms with Gasteiger partial charge in [0.1, 0.15) is 23.1 Å². The van der Waals surface area contributed by atoms with Gasteiger partial charge in [-0.1, -0.05) is 58.1 Å². The van der Waals surface area contributed by atoms with Crippen LogP contribution in [-0.2, 0) is 4.79 Å². The number of hydrogen-bond donors (Lipinski definition) is 1. The molecule has 1 atom stereocenters. The van der Waals surface area contributed by atoms with E-state index >= 15 is 0 Å². The molecule has 1 unspecified atom stereocenters. The molecule has 0 spiro atoms. The molecule has 0 saturated heterocycles. The molecule has 1 heterocycles. The number of fused-ring (bicyclic) bond motifs is 1. The van der Waals surface area contributed by atoms with E-state index in [1.807, 2.05) is 24.3 Å². The Kier molecular flexibility index (Phi) is 10.3. The number of allylic oxidation sites excluding steroid dienone is 1. The molecule has 2 aromatic carbocycles. The first-order valence-electron chi connectivity index (χ1n) is 14.7. The summed E-state index contributed by atoms with van der Waals surface area (Å²) in [6.45, 7) is 4.98. The maximum Gasteiger partial charge on any atom is 0.314 e. The number of benzene rings is 2. The Balaban J connectivity index is 1.51. The molecule has 1 saturated carbocycles. The largest absolute Gasteiger partial charge is 0.493 e. The van der Waals surface area contributed by atoms with Crippen molar-refractivity contribution in [1.29, 1.82) is 5.26 Å². The number of ether oxygens (including phenoxy) is 4. The Hall–Kier alpha value is -3.66. The van der Waals surface area contributed by atoms with Crippen molar-refractivity contribution in [1.82, 2.24) is 0 Å². The first-order chi connectivity index (χ1) is 19.5. The van der Waals surface area contributed by atoms with Gasteiger partial charge in [-0.15, -0.1) is 0 Å². The molecule has 2 aliphatic rings. The molecule has 0 aromatic heterocycles. The summed E-state index contributed by atoms with van der Waals surface area (Å²) in [7, 11) is 1.60. The van der Waals surface area contributed by atoms with E-state index in [1.54, 1.807) is 19.2 Å². The van der Waals surface area contributed by atoms with Gasteiger partial charge in [-0.3, -0.25) is 4.79 Å². The second-order valence-corrected chi connectivity index (χ2v) is 10.9. The quantitative estimate of drug-likeness (QED) is 0.168. The summed E-state index contributed by atoms with van der Waals surface area (Å²) in [6, 6.07) is 13.2. The number of carbonyl (C=O) groups is 1. The van der Waals surface area contributed by atoms with Crippen LogP contribution < -0.4 is 24.7 Å². The summed E-state index contributed by atoms with van der Waals surface area (Å²) in [5, 5.41) is 9.96. The number of rotatable bonds is 12. The Morgan fingerprint density at radius 3 is 2.50 bits per heavy atom. The van der Waals surface area contributed by atoms with Gasteiger partial charge in [0.05, 0.1) is 25.6 Å². The standard InChI is InChI=1S/C33H42N2O5/c1-4-6-8-18-38-28-17-14-24(19-30(28)37-3)31-26-16-15-25(20-29(26)40-32(35)27(31)21-34)39-33(36)23-12-10-22(11-13-23)9-7-5-2/h14-17,19-20,22-23,31H,4-13,18,35H2,1-3H3. The number of hydrogen-bond acceptors (Lipinski definition) is 7. The molecule has 40 heavy (non-hydrogen) atoms. The maximum absolute atomic E-state index is 13.0. The highest BCUT2D eigenvalue weighted by Gasteiger charge is 2.32. The van der Waals surface area contributed by atoms with Crippen LogP contribution in [0.3, 0.4) is 0 Å². The minimum atomic E-state index is -0.458. The number of methoxy groups -OCH3 is 1. The summed E-state index contributed by atoms with van der Waals surface area (Å²) in [4.78, 5) is 13.0. The van der Waals surface area contributed by atoms with Crippen molar-refractivity contribution in [2.24, 2.45) is 17.6 Å². The molecule has 1 aliphatic carbocycles. The van der Waals surface area contributed by atoms with Crippen molar-refractivity contribution in [3.05, 3.63) is 59.0 Å². The van der Waals surface area contributed by atoms with Crippen molar-refractivity contribution in [2.45, 2.75) is 84.0 Å². The van der Waals surface area contributed by atoms with Gasteiger partial charge in [-0.25, -0.2) is 0 Å². The van der Waals surface area contributed by atoms with Gasteiger partial charge in [-0.05, 0) is 61.8 Å². The average Bonchev–Trinajstić information content (AvgIpc) is 2.97. The number of unbranched alkanes of at least 4 members (excludes halogenated alkanes) is 3. The van der Waals surface area contributed by atoms with Crippen molar-refractivity contribution in [3.63, 3.8) is 0 Å². The third-order valence-electron chi connectivity index (χ3n) is 8.08. The fourth-order valence-corrected chi connectivity index (χ4v) is 5.74. The molecular formula is C33H42N2O5. The summed E-state index contributed by atoms with van der Waals surface area (Å²) in [5.41, 5.74) is 8.12. The lowest BCUT2D eigenvalue weighted by Crippen LogP contribution is -2.26. The molecule has 7 nitrogen and oxygen atoms in total. The van der Waals surface area contributed by atoms with Gasteiger partial charge in [-0.2, -0.15) is 5.26 Å². The molecule has 0 radical (unpaired) electrons.